The second kappa shape index (κ2) is 3.54. The van der Waals surface area contributed by atoms with Crippen LogP contribution in [0.4, 0.5) is 0 Å². The summed E-state index contributed by atoms with van der Waals surface area (Å²) in [5.74, 6) is 0.102. The van der Waals surface area contributed by atoms with E-state index in [9.17, 15) is 0 Å². The molecule has 0 bridgehead atoms. The molecule has 11 heavy (non-hydrogen) atoms. The second-order valence-corrected chi connectivity index (χ2v) is 2.83. The molecular formula is C6H14N4O. The fourth-order valence-corrected chi connectivity index (χ4v) is 1.24. The van der Waals surface area contributed by atoms with Gasteiger partial charge in [-0.1, -0.05) is 0 Å². The Balaban J connectivity index is 2.38. The maximum absolute atomic E-state index is 8.34. The van der Waals surface area contributed by atoms with Gasteiger partial charge in [0, 0.05) is 6.54 Å². The average molecular weight is 158 g/mol. The van der Waals surface area contributed by atoms with Crippen LogP contribution in [0.25, 0.3) is 0 Å². The summed E-state index contributed by atoms with van der Waals surface area (Å²) in [6.45, 7) is 1.97. The molecule has 64 valence electrons. The molecule has 5 nitrogen and oxygen atoms in total. The summed E-state index contributed by atoms with van der Waals surface area (Å²) in [4.78, 5) is 6.22. The highest BCUT2D eigenvalue weighted by Gasteiger charge is 2.18. The molecule has 1 unspecified atom stereocenters. The molecule has 0 aromatic heterocycles. The van der Waals surface area contributed by atoms with Crippen molar-refractivity contribution >= 4 is 5.96 Å². The van der Waals surface area contributed by atoms with E-state index < -0.39 is 0 Å². The number of likely N-dealkylation sites (N-methyl/N-ethyl adjacent to an activating group) is 1. The molecule has 0 aliphatic carbocycles. The van der Waals surface area contributed by atoms with E-state index in [4.69, 9.17) is 10.9 Å². The molecule has 0 aromatic rings. The second-order valence-electron chi connectivity index (χ2n) is 2.83. The Kier molecular flexibility index (Phi) is 2.67. The molecule has 1 aliphatic rings. The van der Waals surface area contributed by atoms with Crippen LogP contribution in [0.1, 0.15) is 6.42 Å². The van der Waals surface area contributed by atoms with E-state index in [1.165, 1.54) is 0 Å². The summed E-state index contributed by atoms with van der Waals surface area (Å²) in [7, 11) is 2.04. The molecule has 1 aliphatic heterocycles. The number of likely N-dealkylation sites (tertiary alicyclic amines) is 1. The van der Waals surface area contributed by atoms with Gasteiger partial charge in [0.2, 0.25) is 5.96 Å². The quantitative estimate of drug-likeness (QED) is 0.259. The van der Waals surface area contributed by atoms with E-state index in [1.807, 2.05) is 12.5 Å². The van der Waals surface area contributed by atoms with Gasteiger partial charge >= 0.3 is 0 Å². The summed E-state index contributed by atoms with van der Waals surface area (Å²) < 4.78 is 0. The lowest BCUT2D eigenvalue weighted by Crippen LogP contribution is -2.30. The first-order chi connectivity index (χ1) is 5.22. The molecule has 1 rings (SSSR count). The van der Waals surface area contributed by atoms with Crippen LogP contribution >= 0.6 is 0 Å². The predicted molar refractivity (Wildman–Crippen MR) is 42.4 cm³/mol. The highest BCUT2D eigenvalue weighted by Crippen LogP contribution is 2.09. The molecule has 1 heterocycles. The zero-order chi connectivity index (χ0) is 8.27. The van der Waals surface area contributed by atoms with Crippen LogP contribution in [0.2, 0.25) is 0 Å². The highest BCUT2D eigenvalue weighted by atomic mass is 16.5. The number of hydroxylamine groups is 1. The lowest BCUT2D eigenvalue weighted by atomic mass is 10.3. The number of rotatable bonds is 1. The van der Waals surface area contributed by atoms with E-state index in [0.29, 0.717) is 0 Å². The maximum atomic E-state index is 8.34. The Bertz CT molecular complexity index is 159. The van der Waals surface area contributed by atoms with Crippen molar-refractivity contribution in [3.8, 4) is 0 Å². The zero-order valence-electron chi connectivity index (χ0n) is 6.62. The third-order valence-corrected chi connectivity index (χ3v) is 1.80. The number of hydrogen-bond acceptors (Lipinski definition) is 3. The van der Waals surface area contributed by atoms with Gasteiger partial charge in [0.1, 0.15) is 0 Å². The van der Waals surface area contributed by atoms with Crippen molar-refractivity contribution in [2.45, 2.75) is 12.5 Å². The molecule has 0 aromatic carbocycles. The number of nitrogens with zero attached hydrogens (tertiary/aromatic N) is 2. The number of nitrogens with one attached hydrogen (secondary N) is 1. The van der Waals surface area contributed by atoms with Crippen molar-refractivity contribution in [3.63, 3.8) is 0 Å². The molecule has 0 spiro atoms. The molecular weight excluding hydrogens is 144 g/mol. The Morgan fingerprint density at radius 1 is 1.82 bits per heavy atom. The van der Waals surface area contributed by atoms with Crippen LogP contribution in [-0.2, 0) is 0 Å². The first-order valence-corrected chi connectivity index (χ1v) is 3.64. The van der Waals surface area contributed by atoms with Gasteiger partial charge in [0.25, 0.3) is 0 Å². The number of guanidine groups is 1. The van der Waals surface area contributed by atoms with E-state index in [2.05, 4.69) is 9.89 Å². The summed E-state index contributed by atoms with van der Waals surface area (Å²) in [6, 6.07) is 0.236. The minimum Gasteiger partial charge on any atom is -0.368 e. The van der Waals surface area contributed by atoms with Gasteiger partial charge in [-0.15, -0.1) is 0 Å². The molecule has 0 radical (unpaired) electrons. The summed E-state index contributed by atoms with van der Waals surface area (Å²) in [5, 5.41) is 8.34. The maximum Gasteiger partial charge on any atom is 0.213 e. The van der Waals surface area contributed by atoms with Crippen LogP contribution in [0, 0.1) is 0 Å². The lowest BCUT2D eigenvalue weighted by Gasteiger charge is -2.06. The fraction of sp³-hybridized carbons (Fsp3) is 0.833. The largest absolute Gasteiger partial charge is 0.368 e. The van der Waals surface area contributed by atoms with Crippen LogP contribution in [-0.4, -0.2) is 42.2 Å². The van der Waals surface area contributed by atoms with E-state index >= 15 is 0 Å². The summed E-state index contributed by atoms with van der Waals surface area (Å²) in [5.41, 5.74) is 7.08. The van der Waals surface area contributed by atoms with E-state index in [1.54, 1.807) is 0 Å². The van der Waals surface area contributed by atoms with Crippen molar-refractivity contribution < 1.29 is 5.21 Å². The zero-order valence-corrected chi connectivity index (χ0v) is 6.62. The van der Waals surface area contributed by atoms with Gasteiger partial charge in [0.05, 0.1) is 6.04 Å². The molecule has 1 atom stereocenters. The number of aliphatic imine (C=N–C) groups is 1. The van der Waals surface area contributed by atoms with Gasteiger partial charge in [-0.2, -0.15) is 0 Å². The Morgan fingerprint density at radius 3 is 3.00 bits per heavy atom. The third kappa shape index (κ3) is 2.36. The van der Waals surface area contributed by atoms with Crippen molar-refractivity contribution in [2.75, 3.05) is 20.1 Å². The van der Waals surface area contributed by atoms with E-state index in [0.717, 1.165) is 19.5 Å². The standard InChI is InChI=1S/C6H14N4O/c1-10-3-2-5(4-10)8-6(7)9-11/h5,11H,2-4H2,1H3,(H3,7,8,9). The Labute approximate surface area is 65.9 Å². The van der Waals surface area contributed by atoms with Gasteiger partial charge in [0.15, 0.2) is 0 Å². The molecule has 5 heteroatoms. The molecule has 1 fully saturated rings. The summed E-state index contributed by atoms with van der Waals surface area (Å²) in [6.07, 6.45) is 1.01. The Hall–Kier alpha value is -0.810. The van der Waals surface area contributed by atoms with E-state index in [-0.39, 0.29) is 12.0 Å². The first-order valence-electron chi connectivity index (χ1n) is 3.64. The van der Waals surface area contributed by atoms with Crippen LogP contribution in [0.15, 0.2) is 4.99 Å². The van der Waals surface area contributed by atoms with Gasteiger partial charge in [-0.05, 0) is 20.0 Å². The predicted octanol–water partition coefficient (Wildman–Crippen LogP) is -1.02. The van der Waals surface area contributed by atoms with Crippen LogP contribution in [0.3, 0.4) is 0 Å². The molecule has 4 N–H and O–H groups in total. The Morgan fingerprint density at radius 2 is 2.55 bits per heavy atom. The fourth-order valence-electron chi connectivity index (χ4n) is 1.24. The van der Waals surface area contributed by atoms with Gasteiger partial charge < -0.3 is 10.6 Å². The van der Waals surface area contributed by atoms with Crippen molar-refractivity contribution in [3.05, 3.63) is 0 Å². The van der Waals surface area contributed by atoms with Gasteiger partial charge in [-0.3, -0.25) is 5.21 Å². The van der Waals surface area contributed by atoms with Crippen molar-refractivity contribution in [2.24, 2.45) is 10.7 Å². The van der Waals surface area contributed by atoms with Crippen LogP contribution in [0.5, 0.6) is 0 Å². The average Bonchev–Trinajstić information content (AvgIpc) is 2.35. The summed E-state index contributed by atoms with van der Waals surface area (Å²) >= 11 is 0. The van der Waals surface area contributed by atoms with Crippen molar-refractivity contribution in [1.29, 1.82) is 0 Å². The molecule has 1 saturated heterocycles. The lowest BCUT2D eigenvalue weighted by molar-refractivity contribution is 0.232. The molecule has 0 saturated carbocycles. The minimum absolute atomic E-state index is 0.102. The first kappa shape index (κ1) is 8.29. The minimum atomic E-state index is 0.102. The number of nitrogens with two attached hydrogens (primary N) is 1. The van der Waals surface area contributed by atoms with Gasteiger partial charge in [-0.25, -0.2) is 10.5 Å². The van der Waals surface area contributed by atoms with Crippen LogP contribution < -0.4 is 11.2 Å². The topological polar surface area (TPSA) is 73.9 Å². The highest BCUT2D eigenvalue weighted by molar-refractivity contribution is 5.76. The molecule has 0 amide bonds. The smallest absolute Gasteiger partial charge is 0.213 e. The SMILES string of the molecule is CN1CCC(N=C(N)NO)C1. The third-order valence-electron chi connectivity index (χ3n) is 1.80. The van der Waals surface area contributed by atoms with Crippen molar-refractivity contribution in [1.82, 2.24) is 10.4 Å². The normalized spacial score (nSPS) is 27.5. The number of hydrogen-bond donors (Lipinski definition) is 3. The monoisotopic (exact) mass is 158 g/mol.